The van der Waals surface area contributed by atoms with Gasteiger partial charge < -0.3 is 15.3 Å². The first-order valence-corrected chi connectivity index (χ1v) is 8.46. The first-order chi connectivity index (χ1) is 11.0. The molecule has 1 aliphatic carbocycles. The zero-order valence-corrected chi connectivity index (χ0v) is 13.6. The molecule has 1 aromatic carbocycles. The van der Waals surface area contributed by atoms with E-state index in [9.17, 15) is 14.3 Å². The minimum Gasteiger partial charge on any atom is -0.385 e. The van der Waals surface area contributed by atoms with E-state index in [-0.39, 0.29) is 17.6 Å². The number of benzene rings is 1. The van der Waals surface area contributed by atoms with Crippen molar-refractivity contribution in [2.45, 2.75) is 31.8 Å². The molecule has 0 bridgehead atoms. The van der Waals surface area contributed by atoms with Crippen molar-refractivity contribution in [1.82, 2.24) is 10.2 Å². The molecule has 2 N–H and O–H groups in total. The monoisotopic (exact) mass is 320 g/mol. The summed E-state index contributed by atoms with van der Waals surface area (Å²) in [5.41, 5.74) is -0.279. The van der Waals surface area contributed by atoms with Crippen LogP contribution in [-0.2, 0) is 10.4 Å². The Hall–Kier alpha value is -1.46. The molecular formula is C18H25FN2O2. The minimum absolute atomic E-state index is 0.172. The highest BCUT2D eigenvalue weighted by Gasteiger charge is 2.39. The van der Waals surface area contributed by atoms with E-state index in [1.807, 2.05) is 0 Å². The van der Waals surface area contributed by atoms with Gasteiger partial charge in [-0.15, -0.1) is 0 Å². The van der Waals surface area contributed by atoms with E-state index in [2.05, 4.69) is 17.1 Å². The number of halogens is 1. The van der Waals surface area contributed by atoms with Crippen LogP contribution in [0.2, 0.25) is 0 Å². The number of nitrogens with zero attached hydrogens (tertiary/aromatic N) is 1. The van der Waals surface area contributed by atoms with Crippen LogP contribution in [0, 0.1) is 17.7 Å². The van der Waals surface area contributed by atoms with Crippen molar-refractivity contribution in [3.63, 3.8) is 0 Å². The van der Waals surface area contributed by atoms with Crippen molar-refractivity contribution in [1.29, 1.82) is 0 Å². The van der Waals surface area contributed by atoms with Crippen molar-refractivity contribution >= 4 is 5.91 Å². The second-order valence-corrected chi connectivity index (χ2v) is 6.99. The van der Waals surface area contributed by atoms with Crippen molar-refractivity contribution in [3.05, 3.63) is 35.6 Å². The average Bonchev–Trinajstić information content (AvgIpc) is 3.26. The van der Waals surface area contributed by atoms with Crippen LogP contribution >= 0.6 is 0 Å². The minimum atomic E-state index is -0.939. The average molecular weight is 320 g/mol. The normalized spacial score (nSPS) is 26.7. The fourth-order valence-electron chi connectivity index (χ4n) is 3.37. The molecule has 3 rings (SSSR count). The van der Waals surface area contributed by atoms with Gasteiger partial charge in [-0.3, -0.25) is 4.79 Å². The number of carbonyl (C=O) groups is 1. The number of aliphatic hydroxyl groups is 1. The summed E-state index contributed by atoms with van der Waals surface area (Å²) in [7, 11) is 0. The van der Waals surface area contributed by atoms with Crippen molar-refractivity contribution < 1.29 is 14.3 Å². The Kier molecular flexibility index (Phi) is 4.69. The van der Waals surface area contributed by atoms with Crippen LogP contribution in [-0.4, -0.2) is 42.1 Å². The van der Waals surface area contributed by atoms with E-state index in [1.54, 1.807) is 12.1 Å². The van der Waals surface area contributed by atoms with E-state index in [0.29, 0.717) is 30.9 Å². The second-order valence-electron chi connectivity index (χ2n) is 6.99. The summed E-state index contributed by atoms with van der Waals surface area (Å²) >= 11 is 0. The first kappa shape index (κ1) is 16.4. The molecule has 1 saturated heterocycles. The standard InChI is InChI=1S/C18H25FN2O2/c1-13-11-16(13)17(22)20-7-10-21-8-5-18(23,6-9-21)14-3-2-4-15(19)12-14/h2-4,12-13,16,23H,5-11H2,1H3,(H,20,22). The number of carbonyl (C=O) groups excluding carboxylic acids is 1. The molecule has 23 heavy (non-hydrogen) atoms. The van der Waals surface area contributed by atoms with Gasteiger partial charge in [0.1, 0.15) is 5.82 Å². The van der Waals surface area contributed by atoms with Gasteiger partial charge in [-0.05, 0) is 42.9 Å². The summed E-state index contributed by atoms with van der Waals surface area (Å²) in [4.78, 5) is 14.0. The molecule has 2 fully saturated rings. The highest BCUT2D eigenvalue weighted by Crippen LogP contribution is 2.37. The summed E-state index contributed by atoms with van der Waals surface area (Å²) in [6.45, 7) is 5.06. The molecule has 0 spiro atoms. The van der Waals surface area contributed by atoms with Gasteiger partial charge in [0.15, 0.2) is 0 Å². The molecule has 1 heterocycles. The lowest BCUT2D eigenvalue weighted by molar-refractivity contribution is -0.122. The lowest BCUT2D eigenvalue weighted by Gasteiger charge is -2.38. The molecule has 5 heteroatoms. The number of likely N-dealkylation sites (tertiary alicyclic amines) is 1. The Morgan fingerprint density at radius 2 is 2.13 bits per heavy atom. The fraction of sp³-hybridized carbons (Fsp3) is 0.611. The van der Waals surface area contributed by atoms with Gasteiger partial charge in [-0.2, -0.15) is 0 Å². The smallest absolute Gasteiger partial charge is 0.223 e. The molecule has 2 unspecified atom stereocenters. The van der Waals surface area contributed by atoms with Crippen LogP contribution < -0.4 is 5.32 Å². The van der Waals surface area contributed by atoms with Gasteiger partial charge in [0.25, 0.3) is 0 Å². The summed E-state index contributed by atoms with van der Waals surface area (Å²) in [5, 5.41) is 13.7. The fourth-order valence-corrected chi connectivity index (χ4v) is 3.37. The van der Waals surface area contributed by atoms with Crippen molar-refractivity contribution in [2.24, 2.45) is 11.8 Å². The summed E-state index contributed by atoms with van der Waals surface area (Å²) in [6.07, 6.45) is 2.18. The number of rotatable bonds is 5. The van der Waals surface area contributed by atoms with Gasteiger partial charge in [-0.25, -0.2) is 4.39 Å². The molecule has 0 aromatic heterocycles. The van der Waals surface area contributed by atoms with Gasteiger partial charge in [0.05, 0.1) is 5.60 Å². The Labute approximate surface area is 136 Å². The molecule has 1 aromatic rings. The highest BCUT2D eigenvalue weighted by atomic mass is 19.1. The molecule has 2 atom stereocenters. The van der Waals surface area contributed by atoms with Crippen molar-refractivity contribution in [2.75, 3.05) is 26.2 Å². The van der Waals surface area contributed by atoms with E-state index >= 15 is 0 Å². The summed E-state index contributed by atoms with van der Waals surface area (Å²) in [6, 6.07) is 6.25. The predicted molar refractivity (Wildman–Crippen MR) is 86.3 cm³/mol. The third-order valence-corrected chi connectivity index (χ3v) is 5.22. The van der Waals surface area contributed by atoms with Crippen LogP contribution in [0.15, 0.2) is 24.3 Å². The van der Waals surface area contributed by atoms with E-state index in [4.69, 9.17) is 0 Å². The number of nitrogens with one attached hydrogen (secondary N) is 1. The van der Waals surface area contributed by atoms with E-state index in [0.717, 1.165) is 26.1 Å². The van der Waals surface area contributed by atoms with Gasteiger partial charge in [0, 0.05) is 32.1 Å². The van der Waals surface area contributed by atoms with Crippen LogP contribution in [0.25, 0.3) is 0 Å². The predicted octanol–water partition coefficient (Wildman–Crippen LogP) is 1.88. The lowest BCUT2D eigenvalue weighted by Crippen LogP contribution is -2.45. The Balaban J connectivity index is 1.44. The Morgan fingerprint density at radius 1 is 1.43 bits per heavy atom. The van der Waals surface area contributed by atoms with Crippen LogP contribution in [0.4, 0.5) is 4.39 Å². The van der Waals surface area contributed by atoms with E-state index < -0.39 is 5.60 Å². The van der Waals surface area contributed by atoms with Crippen LogP contribution in [0.3, 0.4) is 0 Å². The summed E-state index contributed by atoms with van der Waals surface area (Å²) < 4.78 is 13.3. The van der Waals surface area contributed by atoms with Crippen molar-refractivity contribution in [3.8, 4) is 0 Å². The van der Waals surface area contributed by atoms with Gasteiger partial charge in [-0.1, -0.05) is 19.1 Å². The third-order valence-electron chi connectivity index (χ3n) is 5.22. The maximum absolute atomic E-state index is 13.3. The highest BCUT2D eigenvalue weighted by molar-refractivity contribution is 5.81. The Morgan fingerprint density at radius 3 is 2.74 bits per heavy atom. The maximum atomic E-state index is 13.3. The number of hydrogen-bond donors (Lipinski definition) is 2. The van der Waals surface area contributed by atoms with Gasteiger partial charge >= 0.3 is 0 Å². The topological polar surface area (TPSA) is 52.6 Å². The number of piperidine rings is 1. The molecule has 1 saturated carbocycles. The maximum Gasteiger partial charge on any atom is 0.223 e. The molecule has 1 amide bonds. The number of amides is 1. The quantitative estimate of drug-likeness (QED) is 0.871. The second kappa shape index (κ2) is 6.57. The van der Waals surface area contributed by atoms with Crippen LogP contribution in [0.1, 0.15) is 31.7 Å². The zero-order chi connectivity index (χ0) is 16.4. The first-order valence-electron chi connectivity index (χ1n) is 8.46. The lowest BCUT2D eigenvalue weighted by atomic mass is 9.84. The molecular weight excluding hydrogens is 295 g/mol. The van der Waals surface area contributed by atoms with E-state index in [1.165, 1.54) is 12.1 Å². The van der Waals surface area contributed by atoms with Crippen LogP contribution in [0.5, 0.6) is 0 Å². The third kappa shape index (κ3) is 3.90. The molecule has 2 aliphatic rings. The molecule has 4 nitrogen and oxygen atoms in total. The zero-order valence-electron chi connectivity index (χ0n) is 13.6. The van der Waals surface area contributed by atoms with Gasteiger partial charge in [0.2, 0.25) is 5.91 Å². The molecule has 1 aliphatic heterocycles. The molecule has 0 radical (unpaired) electrons. The summed E-state index contributed by atoms with van der Waals surface area (Å²) in [5.74, 6) is 0.613. The Bertz CT molecular complexity index is 570. The molecule has 126 valence electrons. The largest absolute Gasteiger partial charge is 0.385 e. The number of hydrogen-bond acceptors (Lipinski definition) is 3. The SMILES string of the molecule is CC1CC1C(=O)NCCN1CCC(O)(c2cccc(F)c2)CC1.